The van der Waals surface area contributed by atoms with Crippen LogP contribution >= 0.6 is 11.3 Å². The number of nitrogens with zero attached hydrogens (tertiary/aromatic N) is 1. The molecule has 2 fully saturated rings. The maximum absolute atomic E-state index is 12.6. The van der Waals surface area contributed by atoms with E-state index in [0.29, 0.717) is 6.42 Å². The number of carbonyl (C=O) groups is 1. The molecule has 1 aliphatic heterocycles. The Bertz CT molecular complexity index is 491. The van der Waals surface area contributed by atoms with Crippen molar-refractivity contribution in [2.45, 2.75) is 57.0 Å². The molecule has 0 bridgehead atoms. The summed E-state index contributed by atoms with van der Waals surface area (Å²) in [6.45, 7) is 5.65. The Balaban J connectivity index is 1.55. The fraction of sp³-hybridized carbons (Fsp3) is 0.722. The molecule has 128 valence electrons. The van der Waals surface area contributed by atoms with Gasteiger partial charge < -0.3 is 10.1 Å². The molecule has 2 heterocycles. The Morgan fingerprint density at radius 2 is 2.13 bits per heavy atom. The monoisotopic (exact) mass is 336 g/mol. The number of rotatable bonds is 6. The molecule has 1 saturated carbocycles. The Kier molecular flexibility index (Phi) is 5.72. The van der Waals surface area contributed by atoms with E-state index in [9.17, 15) is 4.79 Å². The van der Waals surface area contributed by atoms with Gasteiger partial charge in [-0.1, -0.05) is 18.9 Å². The number of carbonyl (C=O) groups excluding carboxylic acids is 1. The molecule has 2 aliphatic rings. The summed E-state index contributed by atoms with van der Waals surface area (Å²) < 4.78 is 5.49. The van der Waals surface area contributed by atoms with Crippen molar-refractivity contribution in [2.24, 2.45) is 0 Å². The minimum Gasteiger partial charge on any atom is -0.379 e. The average Bonchev–Trinajstić information content (AvgIpc) is 3.20. The summed E-state index contributed by atoms with van der Waals surface area (Å²) in [6, 6.07) is 4.41. The first kappa shape index (κ1) is 16.9. The second-order valence-electron chi connectivity index (χ2n) is 6.96. The molecule has 1 aromatic heterocycles. The summed E-state index contributed by atoms with van der Waals surface area (Å²) in [5.41, 5.74) is 0.0799. The van der Waals surface area contributed by atoms with Crippen LogP contribution in [-0.4, -0.2) is 48.7 Å². The van der Waals surface area contributed by atoms with Crippen LogP contribution in [0.3, 0.4) is 0 Å². The molecule has 1 amide bonds. The summed E-state index contributed by atoms with van der Waals surface area (Å²) in [5.74, 6) is 0.211. The van der Waals surface area contributed by atoms with Gasteiger partial charge in [-0.15, -0.1) is 11.3 Å². The molecule has 1 aliphatic carbocycles. The zero-order valence-electron chi connectivity index (χ0n) is 14.1. The van der Waals surface area contributed by atoms with Crippen LogP contribution < -0.4 is 5.32 Å². The van der Waals surface area contributed by atoms with Gasteiger partial charge >= 0.3 is 0 Å². The third-order valence-corrected chi connectivity index (χ3v) is 6.10. The van der Waals surface area contributed by atoms with Crippen molar-refractivity contribution >= 4 is 17.2 Å². The molecule has 1 aromatic rings. The zero-order chi connectivity index (χ0) is 16.1. The van der Waals surface area contributed by atoms with Crippen molar-refractivity contribution in [3.8, 4) is 0 Å². The fourth-order valence-corrected chi connectivity index (χ4v) is 4.92. The van der Waals surface area contributed by atoms with E-state index in [1.807, 2.05) is 0 Å². The minimum absolute atomic E-state index is 0.0799. The van der Waals surface area contributed by atoms with Gasteiger partial charge in [0.1, 0.15) is 0 Å². The molecular weight excluding hydrogens is 308 g/mol. The van der Waals surface area contributed by atoms with Crippen LogP contribution in [0.25, 0.3) is 0 Å². The number of nitrogens with one attached hydrogen (secondary N) is 1. The van der Waals surface area contributed by atoms with Crippen molar-refractivity contribution in [2.75, 3.05) is 26.3 Å². The molecule has 1 atom stereocenters. The SMILES string of the molecule is CC(Cc1cccs1)NC(=O)CC1(N2CCOCC2)CCCC1. The number of morpholine rings is 1. The highest BCUT2D eigenvalue weighted by Gasteiger charge is 2.41. The van der Waals surface area contributed by atoms with E-state index in [0.717, 1.165) is 45.6 Å². The van der Waals surface area contributed by atoms with Crippen molar-refractivity contribution in [3.63, 3.8) is 0 Å². The van der Waals surface area contributed by atoms with E-state index >= 15 is 0 Å². The van der Waals surface area contributed by atoms with Gasteiger partial charge in [0, 0.05) is 42.4 Å². The summed E-state index contributed by atoms with van der Waals surface area (Å²) >= 11 is 1.76. The predicted octanol–water partition coefficient (Wildman–Crippen LogP) is 2.83. The second-order valence-corrected chi connectivity index (χ2v) is 7.99. The highest BCUT2D eigenvalue weighted by atomic mass is 32.1. The van der Waals surface area contributed by atoms with Crippen LogP contribution in [0.4, 0.5) is 0 Å². The second kappa shape index (κ2) is 7.77. The molecule has 3 rings (SSSR count). The highest BCUT2D eigenvalue weighted by Crippen LogP contribution is 2.38. The van der Waals surface area contributed by atoms with Crippen molar-refractivity contribution in [1.29, 1.82) is 0 Å². The van der Waals surface area contributed by atoms with Gasteiger partial charge in [0.05, 0.1) is 13.2 Å². The van der Waals surface area contributed by atoms with Gasteiger partial charge in [-0.3, -0.25) is 9.69 Å². The first-order valence-electron chi connectivity index (χ1n) is 8.82. The molecule has 1 N–H and O–H groups in total. The summed E-state index contributed by atoms with van der Waals surface area (Å²) in [4.78, 5) is 16.5. The molecular formula is C18H28N2O2S. The maximum atomic E-state index is 12.6. The maximum Gasteiger partial charge on any atom is 0.222 e. The van der Waals surface area contributed by atoms with Crippen molar-refractivity contribution < 1.29 is 9.53 Å². The quantitative estimate of drug-likeness (QED) is 0.868. The fourth-order valence-electron chi connectivity index (χ4n) is 4.08. The molecule has 5 heteroatoms. The normalized spacial score (nSPS) is 22.8. The third-order valence-electron chi connectivity index (χ3n) is 5.20. The van der Waals surface area contributed by atoms with Gasteiger partial charge in [-0.05, 0) is 31.2 Å². The van der Waals surface area contributed by atoms with E-state index in [2.05, 4.69) is 34.7 Å². The largest absolute Gasteiger partial charge is 0.379 e. The summed E-state index contributed by atoms with van der Waals surface area (Å²) in [7, 11) is 0. The first-order chi connectivity index (χ1) is 11.2. The van der Waals surface area contributed by atoms with Gasteiger partial charge in [-0.25, -0.2) is 0 Å². The lowest BCUT2D eigenvalue weighted by atomic mass is 9.89. The van der Waals surface area contributed by atoms with Crippen LogP contribution in [0.2, 0.25) is 0 Å². The molecule has 1 unspecified atom stereocenters. The van der Waals surface area contributed by atoms with Crippen molar-refractivity contribution in [3.05, 3.63) is 22.4 Å². The third kappa shape index (κ3) is 4.34. The lowest BCUT2D eigenvalue weighted by molar-refractivity contribution is -0.126. The molecule has 0 spiro atoms. The zero-order valence-corrected chi connectivity index (χ0v) is 14.9. The number of hydrogen-bond donors (Lipinski definition) is 1. The molecule has 23 heavy (non-hydrogen) atoms. The van der Waals surface area contributed by atoms with Crippen LogP contribution in [0.5, 0.6) is 0 Å². The molecule has 1 saturated heterocycles. The van der Waals surface area contributed by atoms with Crippen LogP contribution in [0.1, 0.15) is 43.9 Å². The van der Waals surface area contributed by atoms with E-state index in [1.54, 1.807) is 11.3 Å². The molecule has 4 nitrogen and oxygen atoms in total. The minimum atomic E-state index is 0.0799. The molecule has 0 aromatic carbocycles. The van der Waals surface area contributed by atoms with E-state index in [4.69, 9.17) is 4.74 Å². The number of ether oxygens (including phenoxy) is 1. The van der Waals surface area contributed by atoms with E-state index in [-0.39, 0.29) is 17.5 Å². The number of amides is 1. The van der Waals surface area contributed by atoms with Gasteiger partial charge in [0.25, 0.3) is 0 Å². The predicted molar refractivity (Wildman–Crippen MR) is 93.8 cm³/mol. The van der Waals surface area contributed by atoms with Crippen LogP contribution in [-0.2, 0) is 16.0 Å². The Morgan fingerprint density at radius 3 is 2.78 bits per heavy atom. The first-order valence-corrected chi connectivity index (χ1v) is 9.70. The van der Waals surface area contributed by atoms with Gasteiger partial charge in [0.2, 0.25) is 5.91 Å². The van der Waals surface area contributed by atoms with Crippen LogP contribution in [0, 0.1) is 0 Å². The standard InChI is InChI=1S/C18H28N2O2S/c1-15(13-16-5-4-12-23-16)19-17(21)14-18(6-2-3-7-18)20-8-10-22-11-9-20/h4-5,12,15H,2-3,6-11,13-14H2,1H3,(H,19,21). The number of thiophene rings is 1. The summed E-state index contributed by atoms with van der Waals surface area (Å²) in [5, 5.41) is 5.31. The average molecular weight is 337 g/mol. The lowest BCUT2D eigenvalue weighted by Crippen LogP contribution is -2.54. The summed E-state index contributed by atoms with van der Waals surface area (Å²) in [6.07, 6.45) is 6.36. The Hall–Kier alpha value is -0.910. The van der Waals surface area contributed by atoms with Crippen molar-refractivity contribution in [1.82, 2.24) is 10.2 Å². The topological polar surface area (TPSA) is 41.6 Å². The Labute approximate surface area is 143 Å². The van der Waals surface area contributed by atoms with E-state index < -0.39 is 0 Å². The molecule has 0 radical (unpaired) electrons. The Morgan fingerprint density at radius 1 is 1.39 bits per heavy atom. The van der Waals surface area contributed by atoms with E-state index in [1.165, 1.54) is 17.7 Å². The van der Waals surface area contributed by atoms with Gasteiger partial charge in [-0.2, -0.15) is 0 Å². The smallest absolute Gasteiger partial charge is 0.222 e. The highest BCUT2D eigenvalue weighted by molar-refractivity contribution is 7.09. The van der Waals surface area contributed by atoms with Crippen LogP contribution in [0.15, 0.2) is 17.5 Å². The number of hydrogen-bond acceptors (Lipinski definition) is 4. The lowest BCUT2D eigenvalue weighted by Gasteiger charge is -2.43. The van der Waals surface area contributed by atoms with Gasteiger partial charge in [0.15, 0.2) is 0 Å².